The second-order valence-corrected chi connectivity index (χ2v) is 12.3. The fourth-order valence-electron chi connectivity index (χ4n) is 8.30. The van der Waals surface area contributed by atoms with Gasteiger partial charge in [0.25, 0.3) is 0 Å². The van der Waals surface area contributed by atoms with E-state index in [1.165, 1.54) is 57.8 Å². The number of methoxy groups -OCH3 is 1. The summed E-state index contributed by atoms with van der Waals surface area (Å²) in [7, 11) is 1.72. The van der Waals surface area contributed by atoms with Gasteiger partial charge in [-0.1, -0.05) is 77.2 Å². The van der Waals surface area contributed by atoms with Crippen LogP contribution in [0.5, 0.6) is 0 Å². The summed E-state index contributed by atoms with van der Waals surface area (Å²) in [5, 5.41) is 0. The second-order valence-electron chi connectivity index (χ2n) is 12.3. The van der Waals surface area contributed by atoms with E-state index in [-0.39, 0.29) is 0 Å². The molecule has 1 unspecified atom stereocenters. The van der Waals surface area contributed by atoms with E-state index in [1.807, 2.05) is 5.57 Å². The number of allylic oxidation sites excluding steroid dienone is 3. The Balaban J connectivity index is 1.49. The van der Waals surface area contributed by atoms with Crippen LogP contribution in [0.4, 0.5) is 0 Å². The van der Waals surface area contributed by atoms with E-state index >= 15 is 0 Å². The van der Waals surface area contributed by atoms with Crippen LogP contribution in [0.25, 0.3) is 0 Å². The highest BCUT2D eigenvalue weighted by atomic mass is 16.7. The Morgan fingerprint density at radius 3 is 2.52 bits per heavy atom. The molecule has 0 aromatic carbocycles. The molecule has 2 nitrogen and oxygen atoms in total. The molecule has 0 aromatic heterocycles. The summed E-state index contributed by atoms with van der Waals surface area (Å²) in [4.78, 5) is 0. The molecule has 3 fully saturated rings. The van der Waals surface area contributed by atoms with Gasteiger partial charge in [-0.15, -0.1) is 0 Å². The normalized spacial score (nSPS) is 40.6. The van der Waals surface area contributed by atoms with Crippen LogP contribution in [0, 0.1) is 40.4 Å². The zero-order chi connectivity index (χ0) is 22.2. The van der Waals surface area contributed by atoms with E-state index in [2.05, 4.69) is 46.8 Å². The van der Waals surface area contributed by atoms with Gasteiger partial charge in [-0.25, -0.2) is 0 Å². The first-order chi connectivity index (χ1) is 14.8. The molecule has 3 saturated carbocycles. The third kappa shape index (κ3) is 4.33. The molecule has 4 aliphatic rings. The van der Waals surface area contributed by atoms with Gasteiger partial charge in [0, 0.05) is 7.11 Å². The van der Waals surface area contributed by atoms with Crippen LogP contribution in [0.15, 0.2) is 23.3 Å². The summed E-state index contributed by atoms with van der Waals surface area (Å²) in [6, 6.07) is 0. The van der Waals surface area contributed by atoms with Crippen molar-refractivity contribution in [1.82, 2.24) is 0 Å². The highest BCUT2D eigenvalue weighted by molar-refractivity contribution is 5.38. The molecule has 0 bridgehead atoms. The molecule has 0 radical (unpaired) electrons. The first kappa shape index (κ1) is 23.6. The lowest BCUT2D eigenvalue weighted by atomic mass is 9.50. The lowest BCUT2D eigenvalue weighted by Gasteiger charge is -2.55. The minimum atomic E-state index is 0.339. The molecular formula is C29H48O2. The van der Waals surface area contributed by atoms with Crippen molar-refractivity contribution in [2.24, 2.45) is 40.4 Å². The molecule has 7 atom stereocenters. The SMILES string of the molecule is COCOC1CC[C@@]2(C)C(=CC=C3[C@@H]4CC[C@H]([C@@H](C)CCCC(C)C)[C@@]4(C)CC[C@@H]32)C1. The molecule has 176 valence electrons. The van der Waals surface area contributed by atoms with Crippen molar-refractivity contribution in [2.45, 2.75) is 105 Å². The van der Waals surface area contributed by atoms with Crippen LogP contribution < -0.4 is 0 Å². The third-order valence-electron chi connectivity index (χ3n) is 10.1. The molecule has 4 aliphatic carbocycles. The van der Waals surface area contributed by atoms with Gasteiger partial charge in [-0.05, 0) is 85.4 Å². The van der Waals surface area contributed by atoms with Gasteiger partial charge >= 0.3 is 0 Å². The smallest absolute Gasteiger partial charge is 0.146 e. The maximum atomic E-state index is 5.95. The fraction of sp³-hybridized carbons (Fsp3) is 0.862. The first-order valence-electron chi connectivity index (χ1n) is 13.3. The molecule has 0 heterocycles. The molecule has 2 heteroatoms. The van der Waals surface area contributed by atoms with Crippen molar-refractivity contribution in [3.63, 3.8) is 0 Å². The predicted molar refractivity (Wildman–Crippen MR) is 130 cm³/mol. The van der Waals surface area contributed by atoms with Crippen molar-refractivity contribution >= 4 is 0 Å². The number of rotatable bonds is 8. The Morgan fingerprint density at radius 2 is 1.77 bits per heavy atom. The summed E-state index contributed by atoms with van der Waals surface area (Å²) >= 11 is 0. The third-order valence-corrected chi connectivity index (χ3v) is 10.1. The monoisotopic (exact) mass is 428 g/mol. The van der Waals surface area contributed by atoms with Crippen LogP contribution in [0.2, 0.25) is 0 Å². The molecule has 0 spiro atoms. The van der Waals surface area contributed by atoms with Crippen LogP contribution in [-0.2, 0) is 9.47 Å². The Bertz CT molecular complexity index is 691. The average molecular weight is 429 g/mol. The van der Waals surface area contributed by atoms with Gasteiger partial charge in [0.2, 0.25) is 0 Å². The second kappa shape index (κ2) is 9.34. The van der Waals surface area contributed by atoms with E-state index in [0.29, 0.717) is 23.7 Å². The topological polar surface area (TPSA) is 18.5 Å². The maximum absolute atomic E-state index is 5.95. The van der Waals surface area contributed by atoms with Crippen molar-refractivity contribution < 1.29 is 9.47 Å². The van der Waals surface area contributed by atoms with Crippen molar-refractivity contribution in [3.05, 3.63) is 23.3 Å². The molecule has 0 N–H and O–H groups in total. The summed E-state index contributed by atoms with van der Waals surface area (Å²) in [5.74, 6) is 4.23. The zero-order valence-electron chi connectivity index (χ0n) is 21.2. The fourth-order valence-corrected chi connectivity index (χ4v) is 8.30. The zero-order valence-corrected chi connectivity index (χ0v) is 21.2. The van der Waals surface area contributed by atoms with Gasteiger partial charge in [0.1, 0.15) is 6.79 Å². The van der Waals surface area contributed by atoms with Gasteiger partial charge in [0.05, 0.1) is 6.10 Å². The molecule has 0 aromatic rings. The Morgan fingerprint density at radius 1 is 0.968 bits per heavy atom. The van der Waals surface area contributed by atoms with E-state index in [1.54, 1.807) is 12.7 Å². The van der Waals surface area contributed by atoms with Crippen molar-refractivity contribution in [3.8, 4) is 0 Å². The number of hydrogen-bond acceptors (Lipinski definition) is 2. The number of fused-ring (bicyclic) bond motifs is 5. The van der Waals surface area contributed by atoms with E-state index in [0.717, 1.165) is 36.0 Å². The predicted octanol–water partition coefficient (Wildman–Crippen LogP) is 7.94. The highest BCUT2D eigenvalue weighted by Gasteiger charge is 2.56. The van der Waals surface area contributed by atoms with Crippen LogP contribution in [0.1, 0.15) is 98.8 Å². The van der Waals surface area contributed by atoms with Crippen LogP contribution >= 0.6 is 0 Å². The van der Waals surface area contributed by atoms with Gasteiger partial charge < -0.3 is 9.47 Å². The number of ether oxygens (including phenoxy) is 2. The maximum Gasteiger partial charge on any atom is 0.146 e. The Hall–Kier alpha value is -0.600. The molecule has 31 heavy (non-hydrogen) atoms. The van der Waals surface area contributed by atoms with Crippen LogP contribution in [0.3, 0.4) is 0 Å². The first-order valence-corrected chi connectivity index (χ1v) is 13.3. The van der Waals surface area contributed by atoms with E-state index in [4.69, 9.17) is 9.47 Å². The standard InChI is InChI=1S/C29H48O2/c1-20(2)8-7-9-21(3)25-12-13-26-24-11-10-22-18-23(31-19-30-6)14-16-28(22,4)27(24)15-17-29(25,26)5/h10-11,20-21,23,25-27H,7-9,12-19H2,1-6H3/t21-,23?,25+,26-,27-,28-,29+/m0/s1. The minimum absolute atomic E-state index is 0.339. The molecule has 0 aliphatic heterocycles. The molecular weight excluding hydrogens is 380 g/mol. The summed E-state index contributed by atoms with van der Waals surface area (Å²) in [6.07, 6.45) is 18.9. The largest absolute Gasteiger partial charge is 0.359 e. The average Bonchev–Trinajstić information content (AvgIpc) is 3.09. The summed E-state index contributed by atoms with van der Waals surface area (Å²) < 4.78 is 11.1. The summed E-state index contributed by atoms with van der Waals surface area (Å²) in [5.41, 5.74) is 4.36. The number of hydrogen-bond donors (Lipinski definition) is 0. The Kier molecular flexibility index (Phi) is 7.09. The van der Waals surface area contributed by atoms with Crippen molar-refractivity contribution in [2.75, 3.05) is 13.9 Å². The lowest BCUT2D eigenvalue weighted by molar-refractivity contribution is -0.0865. The minimum Gasteiger partial charge on any atom is -0.359 e. The van der Waals surface area contributed by atoms with Gasteiger partial charge in [0.15, 0.2) is 0 Å². The highest BCUT2D eigenvalue weighted by Crippen LogP contribution is 2.66. The molecule has 0 amide bonds. The van der Waals surface area contributed by atoms with Gasteiger partial charge in [-0.2, -0.15) is 0 Å². The molecule has 4 rings (SSSR count). The molecule has 0 saturated heterocycles. The Labute approximate surface area is 192 Å². The van der Waals surface area contributed by atoms with E-state index in [9.17, 15) is 0 Å². The van der Waals surface area contributed by atoms with Crippen LogP contribution in [-0.4, -0.2) is 20.0 Å². The van der Waals surface area contributed by atoms with Gasteiger partial charge in [-0.3, -0.25) is 0 Å². The lowest BCUT2D eigenvalue weighted by Crippen LogP contribution is -2.46. The summed E-state index contributed by atoms with van der Waals surface area (Å²) in [6.45, 7) is 13.0. The van der Waals surface area contributed by atoms with E-state index < -0.39 is 0 Å². The quantitative estimate of drug-likeness (QED) is 0.365. The van der Waals surface area contributed by atoms with Crippen molar-refractivity contribution in [1.29, 1.82) is 0 Å².